The first kappa shape index (κ1) is 12.9. The summed E-state index contributed by atoms with van der Waals surface area (Å²) in [6, 6.07) is 10.4. The highest BCUT2D eigenvalue weighted by atomic mass is 35.5. The molecule has 2 aromatic rings. The number of benzene rings is 1. The van der Waals surface area contributed by atoms with E-state index in [0.717, 1.165) is 11.8 Å². The van der Waals surface area contributed by atoms with Crippen LogP contribution in [0.15, 0.2) is 42.6 Å². The smallest absolute Gasteiger partial charge is 0.256 e. The molecule has 0 fully saturated rings. The number of hydrogen-bond donors (Lipinski definition) is 0. The van der Waals surface area contributed by atoms with Crippen LogP contribution in [0.25, 0.3) is 11.3 Å². The molecule has 0 saturated heterocycles. The predicted octanol–water partition coefficient (Wildman–Crippen LogP) is 4.51. The lowest BCUT2D eigenvalue weighted by atomic mass is 10.1. The molecule has 0 bridgehead atoms. The first-order chi connectivity index (χ1) is 8.52. The molecule has 1 heterocycles. The summed E-state index contributed by atoms with van der Waals surface area (Å²) in [5.41, 5.74) is 0.507. The van der Waals surface area contributed by atoms with Gasteiger partial charge in [-0.1, -0.05) is 30.3 Å². The van der Waals surface area contributed by atoms with Crippen LogP contribution in [0.3, 0.4) is 0 Å². The second kappa shape index (κ2) is 4.98. The van der Waals surface area contributed by atoms with Crippen molar-refractivity contribution >= 4 is 11.6 Å². The molecule has 0 atom stereocenters. The number of rotatable bonds is 2. The minimum absolute atomic E-state index is 0.0398. The third-order valence-corrected chi connectivity index (χ3v) is 2.80. The van der Waals surface area contributed by atoms with Crippen LogP contribution in [0, 0.1) is 0 Å². The van der Waals surface area contributed by atoms with E-state index < -0.39 is 11.7 Å². The van der Waals surface area contributed by atoms with Crippen molar-refractivity contribution in [1.82, 2.24) is 4.98 Å². The Morgan fingerprint density at radius 2 is 1.78 bits per heavy atom. The quantitative estimate of drug-likeness (QED) is 0.733. The number of aromatic nitrogens is 1. The highest BCUT2D eigenvalue weighted by Gasteiger charge is 2.33. The molecule has 0 aliphatic carbocycles. The van der Waals surface area contributed by atoms with E-state index in [9.17, 15) is 13.2 Å². The maximum absolute atomic E-state index is 12.7. The van der Waals surface area contributed by atoms with E-state index in [0.29, 0.717) is 5.69 Å². The molecule has 94 valence electrons. The number of pyridine rings is 1. The van der Waals surface area contributed by atoms with E-state index in [1.807, 2.05) is 6.07 Å². The number of nitrogens with zero attached hydrogens (tertiary/aromatic N) is 1. The van der Waals surface area contributed by atoms with Crippen molar-refractivity contribution in [2.45, 2.75) is 12.1 Å². The maximum atomic E-state index is 12.7. The molecular weight excluding hydrogens is 263 g/mol. The van der Waals surface area contributed by atoms with Gasteiger partial charge in [0.15, 0.2) is 0 Å². The van der Waals surface area contributed by atoms with Gasteiger partial charge >= 0.3 is 6.18 Å². The third-order valence-electron chi connectivity index (χ3n) is 2.51. The number of alkyl halides is 4. The van der Waals surface area contributed by atoms with Crippen LogP contribution < -0.4 is 0 Å². The van der Waals surface area contributed by atoms with Crippen molar-refractivity contribution in [3.63, 3.8) is 0 Å². The standard InChI is InChI=1S/C13H9ClF3N/c14-7-10-6-12(9-4-2-1-3-5-9)18-8-11(10)13(15,16)17/h1-6,8H,7H2. The summed E-state index contributed by atoms with van der Waals surface area (Å²) in [5.74, 6) is -0.197. The highest BCUT2D eigenvalue weighted by Crippen LogP contribution is 2.33. The molecule has 5 heteroatoms. The van der Waals surface area contributed by atoms with Crippen LogP contribution >= 0.6 is 11.6 Å². The van der Waals surface area contributed by atoms with E-state index in [2.05, 4.69) is 4.98 Å². The summed E-state index contributed by atoms with van der Waals surface area (Å²) in [7, 11) is 0. The Labute approximate surface area is 107 Å². The van der Waals surface area contributed by atoms with Gasteiger partial charge in [-0.15, -0.1) is 11.6 Å². The van der Waals surface area contributed by atoms with Crippen molar-refractivity contribution in [2.24, 2.45) is 0 Å². The Bertz CT molecular complexity index is 538. The predicted molar refractivity (Wildman–Crippen MR) is 64.2 cm³/mol. The summed E-state index contributed by atoms with van der Waals surface area (Å²) in [4.78, 5) is 3.85. The van der Waals surface area contributed by atoms with Gasteiger partial charge in [-0.2, -0.15) is 13.2 Å². The maximum Gasteiger partial charge on any atom is 0.418 e. The zero-order chi connectivity index (χ0) is 13.2. The number of halogens is 4. The Morgan fingerprint density at radius 1 is 1.11 bits per heavy atom. The molecule has 0 radical (unpaired) electrons. The average Bonchev–Trinajstić information content (AvgIpc) is 2.38. The van der Waals surface area contributed by atoms with E-state index in [4.69, 9.17) is 11.6 Å². The van der Waals surface area contributed by atoms with Gasteiger partial charge in [-0.05, 0) is 11.6 Å². The fourth-order valence-corrected chi connectivity index (χ4v) is 1.85. The second-order valence-electron chi connectivity index (χ2n) is 3.72. The van der Waals surface area contributed by atoms with Gasteiger partial charge in [0.05, 0.1) is 11.3 Å². The van der Waals surface area contributed by atoms with Crippen LogP contribution in [0.4, 0.5) is 13.2 Å². The van der Waals surface area contributed by atoms with Gasteiger partial charge in [0.2, 0.25) is 0 Å². The third kappa shape index (κ3) is 2.64. The lowest BCUT2D eigenvalue weighted by Crippen LogP contribution is -2.09. The molecule has 1 aromatic carbocycles. The molecule has 1 nitrogen and oxygen atoms in total. The van der Waals surface area contributed by atoms with Gasteiger partial charge in [0.1, 0.15) is 0 Å². The Morgan fingerprint density at radius 3 is 2.33 bits per heavy atom. The van der Waals surface area contributed by atoms with E-state index in [-0.39, 0.29) is 11.4 Å². The van der Waals surface area contributed by atoms with Gasteiger partial charge in [-0.25, -0.2) is 0 Å². The molecule has 0 N–H and O–H groups in total. The van der Waals surface area contributed by atoms with Crippen molar-refractivity contribution in [1.29, 1.82) is 0 Å². The molecule has 18 heavy (non-hydrogen) atoms. The van der Waals surface area contributed by atoms with Gasteiger partial charge in [0, 0.05) is 17.6 Å². The minimum Gasteiger partial charge on any atom is -0.256 e. The molecule has 0 amide bonds. The van der Waals surface area contributed by atoms with E-state index in [1.54, 1.807) is 24.3 Å². The topological polar surface area (TPSA) is 12.9 Å². The number of hydrogen-bond acceptors (Lipinski definition) is 1. The highest BCUT2D eigenvalue weighted by molar-refractivity contribution is 6.17. The lowest BCUT2D eigenvalue weighted by molar-refractivity contribution is -0.138. The van der Waals surface area contributed by atoms with Crippen LogP contribution in [-0.4, -0.2) is 4.98 Å². The fourth-order valence-electron chi connectivity index (χ4n) is 1.63. The first-order valence-corrected chi connectivity index (χ1v) is 5.73. The van der Waals surface area contributed by atoms with Crippen LogP contribution in [0.1, 0.15) is 11.1 Å². The van der Waals surface area contributed by atoms with Crippen molar-refractivity contribution < 1.29 is 13.2 Å². The Balaban J connectivity index is 2.49. The summed E-state index contributed by atoms with van der Waals surface area (Å²) in [6.45, 7) is 0. The second-order valence-corrected chi connectivity index (χ2v) is 3.99. The summed E-state index contributed by atoms with van der Waals surface area (Å²) in [6.07, 6.45) is -3.59. The molecule has 0 aliphatic heterocycles. The van der Waals surface area contributed by atoms with Gasteiger partial charge in [-0.3, -0.25) is 4.98 Å². The molecule has 0 saturated carbocycles. The van der Waals surface area contributed by atoms with Gasteiger partial charge < -0.3 is 0 Å². The van der Waals surface area contributed by atoms with E-state index in [1.165, 1.54) is 6.07 Å². The molecular formula is C13H9ClF3N. The largest absolute Gasteiger partial charge is 0.418 e. The zero-order valence-electron chi connectivity index (χ0n) is 9.21. The summed E-state index contributed by atoms with van der Waals surface area (Å²) >= 11 is 5.57. The normalized spacial score (nSPS) is 11.6. The monoisotopic (exact) mass is 271 g/mol. The molecule has 0 aliphatic rings. The van der Waals surface area contributed by atoms with Crippen LogP contribution in [-0.2, 0) is 12.1 Å². The van der Waals surface area contributed by atoms with Crippen molar-refractivity contribution in [3.05, 3.63) is 53.7 Å². The summed E-state index contributed by atoms with van der Waals surface area (Å²) in [5, 5.41) is 0. The Kier molecular flexibility index (Phi) is 3.57. The van der Waals surface area contributed by atoms with Crippen molar-refractivity contribution in [2.75, 3.05) is 0 Å². The van der Waals surface area contributed by atoms with Crippen molar-refractivity contribution in [3.8, 4) is 11.3 Å². The Hall–Kier alpha value is -1.55. The van der Waals surface area contributed by atoms with Gasteiger partial charge in [0.25, 0.3) is 0 Å². The first-order valence-electron chi connectivity index (χ1n) is 5.20. The molecule has 1 aromatic heterocycles. The molecule has 0 spiro atoms. The minimum atomic E-state index is -4.42. The van der Waals surface area contributed by atoms with Crippen LogP contribution in [0.5, 0.6) is 0 Å². The molecule has 0 unspecified atom stereocenters. The SMILES string of the molecule is FC(F)(F)c1cnc(-c2ccccc2)cc1CCl. The molecule has 2 rings (SSSR count). The zero-order valence-corrected chi connectivity index (χ0v) is 9.96. The average molecular weight is 272 g/mol. The van der Waals surface area contributed by atoms with Crippen LogP contribution in [0.2, 0.25) is 0 Å². The lowest BCUT2D eigenvalue weighted by Gasteiger charge is -2.12. The fraction of sp³-hybridized carbons (Fsp3) is 0.154. The summed E-state index contributed by atoms with van der Waals surface area (Å²) < 4.78 is 38.0. The van der Waals surface area contributed by atoms with E-state index >= 15 is 0 Å².